The van der Waals surface area contributed by atoms with Gasteiger partial charge in [0, 0.05) is 13.2 Å². The SMILES string of the molecule is Cn1c(=O)[nH]c(=O)c2cc(S(=O)(=O)NCC(F)(F)F)cnc21. The van der Waals surface area contributed by atoms with Gasteiger partial charge in [-0.2, -0.15) is 13.2 Å². The van der Waals surface area contributed by atoms with Crippen LogP contribution in [0.2, 0.25) is 0 Å². The van der Waals surface area contributed by atoms with Gasteiger partial charge in [0.2, 0.25) is 10.0 Å². The number of H-pyrrole nitrogens is 1. The number of hydrogen-bond donors (Lipinski definition) is 2. The molecule has 22 heavy (non-hydrogen) atoms. The van der Waals surface area contributed by atoms with Crippen LogP contribution in [0.1, 0.15) is 0 Å². The summed E-state index contributed by atoms with van der Waals surface area (Å²) in [6.45, 7) is -1.75. The third kappa shape index (κ3) is 3.17. The van der Waals surface area contributed by atoms with E-state index in [0.29, 0.717) is 0 Å². The summed E-state index contributed by atoms with van der Waals surface area (Å²) in [6.07, 6.45) is -3.96. The molecule has 0 radical (unpaired) electrons. The number of pyridine rings is 1. The Balaban J connectivity index is 2.55. The highest BCUT2D eigenvalue weighted by atomic mass is 32.2. The Hall–Kier alpha value is -2.21. The van der Waals surface area contributed by atoms with E-state index >= 15 is 0 Å². The van der Waals surface area contributed by atoms with Crippen LogP contribution in [0.25, 0.3) is 11.0 Å². The fourth-order valence-electron chi connectivity index (χ4n) is 1.62. The van der Waals surface area contributed by atoms with Crippen LogP contribution in [-0.2, 0) is 17.1 Å². The molecule has 2 heterocycles. The summed E-state index contributed by atoms with van der Waals surface area (Å²) in [5.41, 5.74) is -1.74. The van der Waals surface area contributed by atoms with Gasteiger partial charge in [0.15, 0.2) is 0 Å². The van der Waals surface area contributed by atoms with Crippen molar-refractivity contribution in [3.8, 4) is 0 Å². The number of sulfonamides is 1. The molecule has 0 aliphatic heterocycles. The van der Waals surface area contributed by atoms with Crippen molar-refractivity contribution >= 4 is 21.1 Å². The summed E-state index contributed by atoms with van der Waals surface area (Å²) in [7, 11) is -3.20. The van der Waals surface area contributed by atoms with Gasteiger partial charge < -0.3 is 0 Å². The highest BCUT2D eigenvalue weighted by Crippen LogP contribution is 2.16. The molecule has 0 aliphatic carbocycles. The van der Waals surface area contributed by atoms with E-state index in [-0.39, 0.29) is 11.0 Å². The summed E-state index contributed by atoms with van der Waals surface area (Å²) >= 11 is 0. The molecular weight excluding hydrogens is 329 g/mol. The smallest absolute Gasteiger partial charge is 0.281 e. The molecule has 12 heteroatoms. The first-order chi connectivity index (χ1) is 10.0. The molecule has 0 atom stereocenters. The Labute approximate surface area is 120 Å². The third-order valence-electron chi connectivity index (χ3n) is 2.70. The minimum Gasteiger partial charge on any atom is -0.281 e. The number of fused-ring (bicyclic) bond motifs is 1. The highest BCUT2D eigenvalue weighted by Gasteiger charge is 2.30. The molecule has 8 nitrogen and oxygen atoms in total. The lowest BCUT2D eigenvalue weighted by atomic mass is 10.3. The second-order valence-corrected chi connectivity index (χ2v) is 6.07. The van der Waals surface area contributed by atoms with Gasteiger partial charge in [-0.25, -0.2) is 22.9 Å². The fourth-order valence-corrected chi connectivity index (χ4v) is 2.61. The highest BCUT2D eigenvalue weighted by molar-refractivity contribution is 7.89. The monoisotopic (exact) mass is 338 g/mol. The molecular formula is C10H9F3N4O4S. The Morgan fingerprint density at radius 3 is 2.59 bits per heavy atom. The first-order valence-electron chi connectivity index (χ1n) is 5.67. The Morgan fingerprint density at radius 2 is 2.00 bits per heavy atom. The molecule has 120 valence electrons. The van der Waals surface area contributed by atoms with E-state index in [1.54, 1.807) is 0 Å². The number of halogens is 3. The van der Waals surface area contributed by atoms with E-state index < -0.39 is 38.9 Å². The van der Waals surface area contributed by atoms with Gasteiger partial charge in [-0.15, -0.1) is 0 Å². The molecule has 2 aromatic heterocycles. The predicted molar refractivity (Wildman–Crippen MR) is 68.8 cm³/mol. The number of rotatable bonds is 3. The van der Waals surface area contributed by atoms with Crippen molar-refractivity contribution < 1.29 is 21.6 Å². The lowest BCUT2D eigenvalue weighted by molar-refractivity contribution is -0.121. The maximum atomic E-state index is 12.1. The number of aromatic amines is 1. The van der Waals surface area contributed by atoms with Crippen molar-refractivity contribution in [2.75, 3.05) is 6.54 Å². The van der Waals surface area contributed by atoms with Crippen molar-refractivity contribution in [1.29, 1.82) is 0 Å². The zero-order valence-corrected chi connectivity index (χ0v) is 11.7. The van der Waals surface area contributed by atoms with Gasteiger partial charge >= 0.3 is 11.9 Å². The molecule has 0 unspecified atom stereocenters. The van der Waals surface area contributed by atoms with Gasteiger partial charge in [-0.3, -0.25) is 14.3 Å². The number of nitrogens with one attached hydrogen (secondary N) is 2. The van der Waals surface area contributed by atoms with Gasteiger partial charge in [-0.05, 0) is 6.07 Å². The number of hydrogen-bond acceptors (Lipinski definition) is 5. The Bertz CT molecular complexity index is 945. The Morgan fingerprint density at radius 1 is 1.36 bits per heavy atom. The maximum Gasteiger partial charge on any atom is 0.402 e. The van der Waals surface area contributed by atoms with Crippen molar-refractivity contribution in [2.24, 2.45) is 7.05 Å². The third-order valence-corrected chi connectivity index (χ3v) is 4.07. The minimum absolute atomic E-state index is 0.0940. The zero-order valence-electron chi connectivity index (χ0n) is 10.9. The largest absolute Gasteiger partial charge is 0.402 e. The standard InChI is InChI=1S/C10H9F3N4O4S/c1-17-7-6(8(18)16-9(17)19)2-5(3-14-7)22(20,21)15-4-10(11,12)13/h2-3,15H,4H2,1H3,(H,16,18,19). The van der Waals surface area contributed by atoms with Crippen LogP contribution in [0.3, 0.4) is 0 Å². The van der Waals surface area contributed by atoms with E-state index in [2.05, 4.69) is 4.98 Å². The molecule has 0 fully saturated rings. The maximum absolute atomic E-state index is 12.1. The number of alkyl halides is 3. The summed E-state index contributed by atoms with van der Waals surface area (Å²) < 4.78 is 62.1. The van der Waals surface area contributed by atoms with Crippen LogP contribution >= 0.6 is 0 Å². The topological polar surface area (TPSA) is 114 Å². The average Bonchev–Trinajstić information content (AvgIpc) is 2.42. The Kier molecular flexibility index (Phi) is 3.83. The van der Waals surface area contributed by atoms with Gasteiger partial charge in [0.1, 0.15) is 17.1 Å². The van der Waals surface area contributed by atoms with Gasteiger partial charge in [0.05, 0.1) is 5.39 Å². The van der Waals surface area contributed by atoms with Crippen LogP contribution in [0, 0.1) is 0 Å². The van der Waals surface area contributed by atoms with Crippen LogP contribution in [-0.4, -0.2) is 35.7 Å². The van der Waals surface area contributed by atoms with Crippen LogP contribution in [0.4, 0.5) is 13.2 Å². The van der Waals surface area contributed by atoms with Gasteiger partial charge in [0.25, 0.3) is 5.56 Å². The second-order valence-electron chi connectivity index (χ2n) is 4.30. The van der Waals surface area contributed by atoms with E-state index in [1.165, 1.54) is 11.8 Å². The van der Waals surface area contributed by atoms with E-state index in [0.717, 1.165) is 16.8 Å². The molecule has 0 saturated carbocycles. The zero-order chi connectivity index (χ0) is 16.7. The molecule has 0 amide bonds. The minimum atomic E-state index is -4.72. The fraction of sp³-hybridized carbons (Fsp3) is 0.300. The molecule has 2 aromatic rings. The average molecular weight is 338 g/mol. The first kappa shape index (κ1) is 16.2. The first-order valence-corrected chi connectivity index (χ1v) is 7.15. The van der Waals surface area contributed by atoms with E-state index in [4.69, 9.17) is 0 Å². The molecule has 2 rings (SSSR count). The molecule has 0 aromatic carbocycles. The lowest BCUT2D eigenvalue weighted by Gasteiger charge is -2.10. The number of nitrogens with zero attached hydrogens (tertiary/aromatic N) is 2. The molecule has 0 spiro atoms. The van der Waals surface area contributed by atoms with E-state index in [9.17, 15) is 31.2 Å². The lowest BCUT2D eigenvalue weighted by Crippen LogP contribution is -2.34. The van der Waals surface area contributed by atoms with E-state index in [1.807, 2.05) is 4.98 Å². The summed E-state index contributed by atoms with van der Waals surface area (Å²) in [5.74, 6) is 0. The summed E-state index contributed by atoms with van der Waals surface area (Å²) in [6, 6.07) is 0.847. The van der Waals surface area contributed by atoms with Crippen LogP contribution < -0.4 is 16.0 Å². The molecule has 2 N–H and O–H groups in total. The summed E-state index contributed by atoms with van der Waals surface area (Å²) in [4.78, 5) is 28.0. The predicted octanol–water partition coefficient (Wildman–Crippen LogP) is -0.538. The number of aromatic nitrogens is 3. The molecule has 0 aliphatic rings. The van der Waals surface area contributed by atoms with Crippen LogP contribution in [0.5, 0.6) is 0 Å². The second kappa shape index (κ2) is 5.21. The van der Waals surface area contributed by atoms with Gasteiger partial charge in [-0.1, -0.05) is 0 Å². The summed E-state index contributed by atoms with van der Waals surface area (Å²) in [5, 5.41) is -0.239. The molecule has 0 bridgehead atoms. The van der Waals surface area contributed by atoms with Crippen molar-refractivity contribution in [1.82, 2.24) is 19.3 Å². The normalized spacial score (nSPS) is 12.7. The van der Waals surface area contributed by atoms with Crippen molar-refractivity contribution in [2.45, 2.75) is 11.1 Å². The quantitative estimate of drug-likeness (QED) is 0.780. The van der Waals surface area contributed by atoms with Crippen molar-refractivity contribution in [3.05, 3.63) is 33.1 Å². The van der Waals surface area contributed by atoms with Crippen LogP contribution in [0.15, 0.2) is 26.7 Å². The number of aryl methyl sites for hydroxylation is 1. The van der Waals surface area contributed by atoms with Crippen molar-refractivity contribution in [3.63, 3.8) is 0 Å². The molecule has 0 saturated heterocycles.